The molecule has 1 heterocycles. The van der Waals surface area contributed by atoms with E-state index in [-0.39, 0.29) is 0 Å². The van der Waals surface area contributed by atoms with Crippen molar-refractivity contribution in [2.24, 2.45) is 5.73 Å². The van der Waals surface area contributed by atoms with E-state index in [1.165, 1.54) is 0 Å². The van der Waals surface area contributed by atoms with Gasteiger partial charge >= 0.3 is 0 Å². The smallest absolute Gasteiger partial charge is 0.145 e. The second kappa shape index (κ2) is 6.13. The average molecular weight is 306 g/mol. The van der Waals surface area contributed by atoms with E-state index < -0.39 is 0 Å². The van der Waals surface area contributed by atoms with Crippen LogP contribution in [0, 0.1) is 3.57 Å². The lowest BCUT2D eigenvalue weighted by molar-refractivity contribution is 0.747. The van der Waals surface area contributed by atoms with Crippen LogP contribution in [-0.2, 0) is 0 Å². The number of hydrogen-bond acceptors (Lipinski definition) is 4. The van der Waals surface area contributed by atoms with Gasteiger partial charge in [0.05, 0.1) is 3.57 Å². The van der Waals surface area contributed by atoms with Crippen LogP contribution in [0.5, 0.6) is 0 Å². The molecule has 78 valence electrons. The van der Waals surface area contributed by atoms with Crippen LogP contribution < -0.4 is 10.6 Å². The summed E-state index contributed by atoms with van der Waals surface area (Å²) in [6.07, 6.45) is 4.50. The maximum atomic E-state index is 5.56. The summed E-state index contributed by atoms with van der Waals surface area (Å²) in [6, 6.07) is 0. The van der Waals surface area contributed by atoms with Crippen LogP contribution in [0.1, 0.15) is 13.3 Å². The highest BCUT2D eigenvalue weighted by Gasteiger charge is 2.09. The molecular formula is C9H15IN4. The second-order valence-corrected chi connectivity index (χ2v) is 4.13. The molecule has 4 nitrogen and oxygen atoms in total. The summed E-state index contributed by atoms with van der Waals surface area (Å²) in [7, 11) is 0. The predicted octanol–water partition coefficient (Wildman–Crippen LogP) is 1.26. The summed E-state index contributed by atoms with van der Waals surface area (Å²) in [5.41, 5.74) is 5.56. The first-order chi connectivity index (χ1) is 6.79. The standard InChI is InChI=1S/C9H15IN4/c1-2-4-14(5-3-11)9-8(10)6-12-7-13-9/h6-7H,2-5,11H2,1H3. The van der Waals surface area contributed by atoms with Crippen LogP contribution in [0.2, 0.25) is 0 Å². The van der Waals surface area contributed by atoms with Gasteiger partial charge in [-0.1, -0.05) is 6.92 Å². The topological polar surface area (TPSA) is 55.0 Å². The molecule has 0 aliphatic rings. The van der Waals surface area contributed by atoms with Crippen LogP contribution in [0.3, 0.4) is 0 Å². The van der Waals surface area contributed by atoms with Gasteiger partial charge in [0.2, 0.25) is 0 Å². The SMILES string of the molecule is CCCN(CCN)c1ncncc1I. The molecule has 1 rings (SSSR count). The van der Waals surface area contributed by atoms with Gasteiger partial charge in [0.1, 0.15) is 12.1 Å². The van der Waals surface area contributed by atoms with Gasteiger partial charge in [0.25, 0.3) is 0 Å². The molecule has 0 atom stereocenters. The molecule has 0 unspecified atom stereocenters. The summed E-state index contributed by atoms with van der Waals surface area (Å²) in [4.78, 5) is 10.4. The number of hydrogen-bond donors (Lipinski definition) is 1. The summed E-state index contributed by atoms with van der Waals surface area (Å²) >= 11 is 2.25. The molecule has 2 N–H and O–H groups in total. The van der Waals surface area contributed by atoms with Crippen LogP contribution in [0.15, 0.2) is 12.5 Å². The van der Waals surface area contributed by atoms with Crippen molar-refractivity contribution >= 4 is 28.4 Å². The first kappa shape index (κ1) is 11.6. The third kappa shape index (κ3) is 3.06. The minimum Gasteiger partial charge on any atom is -0.354 e. The zero-order valence-corrected chi connectivity index (χ0v) is 10.4. The van der Waals surface area contributed by atoms with E-state index in [1.807, 2.05) is 6.20 Å². The Morgan fingerprint density at radius 1 is 1.50 bits per heavy atom. The molecule has 1 aromatic rings. The van der Waals surface area contributed by atoms with Crippen molar-refractivity contribution in [2.45, 2.75) is 13.3 Å². The highest BCUT2D eigenvalue weighted by Crippen LogP contribution is 2.17. The third-order valence-corrected chi connectivity index (χ3v) is 2.60. The number of nitrogens with zero attached hydrogens (tertiary/aromatic N) is 3. The molecule has 0 spiro atoms. The zero-order valence-electron chi connectivity index (χ0n) is 8.28. The van der Waals surface area contributed by atoms with Crippen molar-refractivity contribution in [3.8, 4) is 0 Å². The van der Waals surface area contributed by atoms with Crippen LogP contribution in [0.4, 0.5) is 5.82 Å². The fourth-order valence-corrected chi connectivity index (χ4v) is 1.93. The van der Waals surface area contributed by atoms with Gasteiger partial charge in [-0.05, 0) is 29.0 Å². The van der Waals surface area contributed by atoms with E-state index in [0.717, 1.165) is 28.9 Å². The van der Waals surface area contributed by atoms with E-state index in [9.17, 15) is 0 Å². The van der Waals surface area contributed by atoms with Crippen molar-refractivity contribution in [1.29, 1.82) is 0 Å². The zero-order chi connectivity index (χ0) is 10.4. The molecule has 14 heavy (non-hydrogen) atoms. The monoisotopic (exact) mass is 306 g/mol. The van der Waals surface area contributed by atoms with Gasteiger partial charge in [-0.15, -0.1) is 0 Å². The Morgan fingerprint density at radius 3 is 2.86 bits per heavy atom. The van der Waals surface area contributed by atoms with E-state index in [4.69, 9.17) is 5.73 Å². The van der Waals surface area contributed by atoms with Crippen LogP contribution in [0.25, 0.3) is 0 Å². The minimum absolute atomic E-state index is 0.653. The molecule has 0 aromatic carbocycles. The number of halogens is 1. The predicted molar refractivity (Wildman–Crippen MR) is 66.3 cm³/mol. The van der Waals surface area contributed by atoms with Crippen molar-refractivity contribution in [3.63, 3.8) is 0 Å². The first-order valence-corrected chi connectivity index (χ1v) is 5.78. The van der Waals surface area contributed by atoms with Crippen LogP contribution in [-0.4, -0.2) is 29.6 Å². The molecule has 0 amide bonds. The van der Waals surface area contributed by atoms with Gasteiger partial charge in [-0.2, -0.15) is 0 Å². The molecule has 0 saturated heterocycles. The largest absolute Gasteiger partial charge is 0.354 e. The van der Waals surface area contributed by atoms with Gasteiger partial charge in [0.15, 0.2) is 0 Å². The van der Waals surface area contributed by atoms with E-state index in [0.29, 0.717) is 6.54 Å². The minimum atomic E-state index is 0.653. The Bertz CT molecular complexity index is 273. The Balaban J connectivity index is 2.81. The lowest BCUT2D eigenvalue weighted by atomic mass is 10.4. The van der Waals surface area contributed by atoms with Crippen molar-refractivity contribution < 1.29 is 0 Å². The summed E-state index contributed by atoms with van der Waals surface area (Å²) < 4.78 is 1.08. The number of rotatable bonds is 5. The third-order valence-electron chi connectivity index (χ3n) is 1.84. The van der Waals surface area contributed by atoms with E-state index in [2.05, 4.69) is 44.4 Å². The number of nitrogens with two attached hydrogens (primary N) is 1. The average Bonchev–Trinajstić information content (AvgIpc) is 2.18. The molecular weight excluding hydrogens is 291 g/mol. The molecule has 0 fully saturated rings. The normalized spacial score (nSPS) is 10.2. The maximum absolute atomic E-state index is 5.56. The summed E-state index contributed by atoms with van der Waals surface area (Å²) in [6.45, 7) is 4.64. The molecule has 5 heteroatoms. The van der Waals surface area contributed by atoms with Crippen molar-refractivity contribution in [1.82, 2.24) is 9.97 Å². The highest BCUT2D eigenvalue weighted by atomic mass is 127. The quantitative estimate of drug-likeness (QED) is 0.832. The van der Waals surface area contributed by atoms with Gasteiger partial charge in [-0.3, -0.25) is 0 Å². The number of aromatic nitrogens is 2. The molecule has 1 aromatic heterocycles. The molecule has 0 bridgehead atoms. The Morgan fingerprint density at radius 2 is 2.29 bits per heavy atom. The maximum Gasteiger partial charge on any atom is 0.145 e. The first-order valence-electron chi connectivity index (χ1n) is 4.70. The highest BCUT2D eigenvalue weighted by molar-refractivity contribution is 14.1. The van der Waals surface area contributed by atoms with Crippen molar-refractivity contribution in [2.75, 3.05) is 24.5 Å². The van der Waals surface area contributed by atoms with Crippen molar-refractivity contribution in [3.05, 3.63) is 16.1 Å². The summed E-state index contributed by atoms with van der Waals surface area (Å²) in [5, 5.41) is 0. The molecule has 0 radical (unpaired) electrons. The molecule has 0 saturated carbocycles. The summed E-state index contributed by atoms with van der Waals surface area (Å²) in [5.74, 6) is 0.993. The Kier molecular flexibility index (Phi) is 5.10. The van der Waals surface area contributed by atoms with Gasteiger partial charge in [-0.25, -0.2) is 9.97 Å². The number of anilines is 1. The van der Waals surface area contributed by atoms with Gasteiger partial charge in [0, 0.05) is 25.8 Å². The van der Waals surface area contributed by atoms with Crippen LogP contribution >= 0.6 is 22.6 Å². The Labute approximate surface area is 98.1 Å². The molecule has 0 aliphatic heterocycles. The second-order valence-electron chi connectivity index (χ2n) is 2.97. The fraction of sp³-hybridized carbons (Fsp3) is 0.556. The van der Waals surface area contributed by atoms with E-state index in [1.54, 1.807) is 6.33 Å². The molecule has 0 aliphatic carbocycles. The lowest BCUT2D eigenvalue weighted by Crippen LogP contribution is -2.31. The fourth-order valence-electron chi connectivity index (χ4n) is 1.29. The van der Waals surface area contributed by atoms with Gasteiger partial charge < -0.3 is 10.6 Å². The Hall–Kier alpha value is -0.430. The lowest BCUT2D eigenvalue weighted by Gasteiger charge is -2.22. The van der Waals surface area contributed by atoms with E-state index >= 15 is 0 Å².